The molecule has 4 aromatic heterocycles. The number of amides is 1. The number of methoxy groups -OCH3 is 2. The van der Waals surface area contributed by atoms with Gasteiger partial charge in [-0.2, -0.15) is 5.26 Å². The van der Waals surface area contributed by atoms with Crippen LogP contribution in [0.1, 0.15) is 28.0 Å². The summed E-state index contributed by atoms with van der Waals surface area (Å²) >= 11 is 5.99. The first-order chi connectivity index (χ1) is 26.6. The van der Waals surface area contributed by atoms with Gasteiger partial charge in [0.2, 0.25) is 11.1 Å². The Kier molecular flexibility index (Phi) is 9.35. The van der Waals surface area contributed by atoms with Gasteiger partial charge in [0.25, 0.3) is 0 Å². The van der Waals surface area contributed by atoms with Crippen LogP contribution in [-0.4, -0.2) is 106 Å². The van der Waals surface area contributed by atoms with Gasteiger partial charge in [0.15, 0.2) is 0 Å². The van der Waals surface area contributed by atoms with Gasteiger partial charge >= 0.3 is 6.03 Å². The monoisotopic (exact) mass is 768 g/mol. The van der Waals surface area contributed by atoms with Crippen molar-refractivity contribution in [3.05, 3.63) is 89.0 Å². The zero-order chi connectivity index (χ0) is 38.5. The Hall–Kier alpha value is -6.05. The van der Waals surface area contributed by atoms with E-state index in [0.717, 1.165) is 62.0 Å². The molecule has 282 valence electrons. The summed E-state index contributed by atoms with van der Waals surface area (Å²) in [5.41, 5.74) is 5.68. The van der Waals surface area contributed by atoms with Gasteiger partial charge in [0.1, 0.15) is 34.9 Å². The number of halogens is 3. The average molecular weight is 769 g/mol. The minimum atomic E-state index is -0.936. The average Bonchev–Trinajstić information content (AvgIpc) is 3.90. The number of aromatic nitrogens is 6. The van der Waals surface area contributed by atoms with Gasteiger partial charge in [0.05, 0.1) is 66.6 Å². The van der Waals surface area contributed by atoms with Crippen LogP contribution in [0.4, 0.5) is 25.0 Å². The van der Waals surface area contributed by atoms with E-state index in [1.165, 1.54) is 9.80 Å². The zero-order valence-corrected chi connectivity index (χ0v) is 30.9. The standard InChI is InChI=1S/C38H35ClF2N10O4/c1-46-10-7-22-17-29(50-9-4-5-25(33(22)50)31-30(55-3)18-28-32(35(31)46)43-20-48(28)13-14-54-2)36(52)23-15-26(40)34(27(41)16-23)47-11-12-49(24(19-47)6-8-42)38(53)51-21-44-45-37(51)39/h4-5,9,15-18,20-21,24H,6-7,10-14,19H2,1-3H3. The van der Waals surface area contributed by atoms with E-state index in [0.29, 0.717) is 31.9 Å². The van der Waals surface area contributed by atoms with Crippen molar-refractivity contribution in [2.45, 2.75) is 25.4 Å². The molecule has 2 aromatic carbocycles. The van der Waals surface area contributed by atoms with Crippen molar-refractivity contribution in [3.63, 3.8) is 0 Å². The van der Waals surface area contributed by atoms with E-state index in [4.69, 9.17) is 26.1 Å². The van der Waals surface area contributed by atoms with Crippen LogP contribution >= 0.6 is 11.6 Å². The summed E-state index contributed by atoms with van der Waals surface area (Å²) in [6.45, 7) is 1.80. The second-order valence-electron chi connectivity index (χ2n) is 13.5. The number of piperazine rings is 1. The third-order valence-corrected chi connectivity index (χ3v) is 10.7. The van der Waals surface area contributed by atoms with Crippen LogP contribution in [0.2, 0.25) is 5.28 Å². The first-order valence-corrected chi connectivity index (χ1v) is 17.9. The van der Waals surface area contributed by atoms with E-state index in [-0.39, 0.29) is 48.3 Å². The smallest absolute Gasteiger partial charge is 0.332 e. The molecule has 14 nitrogen and oxygen atoms in total. The maximum atomic E-state index is 16.0. The van der Waals surface area contributed by atoms with Gasteiger partial charge < -0.3 is 33.1 Å². The molecule has 0 saturated carbocycles. The number of anilines is 2. The molecule has 17 heteroatoms. The molecule has 1 atom stereocenters. The summed E-state index contributed by atoms with van der Waals surface area (Å²) in [6, 6.07) is 10.4. The maximum absolute atomic E-state index is 16.0. The number of ketones is 1. The lowest BCUT2D eigenvalue weighted by Crippen LogP contribution is -2.56. The zero-order valence-electron chi connectivity index (χ0n) is 30.2. The predicted octanol–water partition coefficient (Wildman–Crippen LogP) is 5.43. The SMILES string of the molecule is COCCn1cnc2c3c(c(OC)cc21)-c1cccn2c(C(=O)c4cc(F)c(N5CCN(C(=O)n6cnnc6Cl)C(CC#N)C5)c(F)c4)cc(c12)CCN3C. The summed E-state index contributed by atoms with van der Waals surface area (Å²) in [5.74, 6) is -1.80. The van der Waals surface area contributed by atoms with Gasteiger partial charge in [-0.15, -0.1) is 10.2 Å². The summed E-state index contributed by atoms with van der Waals surface area (Å²) in [7, 11) is 5.27. The summed E-state index contributed by atoms with van der Waals surface area (Å²) < 4.78 is 48.2. The fraction of sp³-hybridized carbons (Fsp3) is 0.316. The quantitative estimate of drug-likeness (QED) is 0.184. The van der Waals surface area contributed by atoms with E-state index >= 15 is 8.78 Å². The molecule has 2 aliphatic rings. The molecule has 6 heterocycles. The molecule has 55 heavy (non-hydrogen) atoms. The van der Waals surface area contributed by atoms with Crippen LogP contribution < -0.4 is 14.5 Å². The molecule has 6 aromatic rings. The molecular weight excluding hydrogens is 734 g/mol. The first-order valence-electron chi connectivity index (χ1n) is 17.6. The third-order valence-electron chi connectivity index (χ3n) is 10.4. The second-order valence-corrected chi connectivity index (χ2v) is 13.8. The number of imidazole rings is 1. The van der Waals surface area contributed by atoms with Crippen molar-refractivity contribution in [2.24, 2.45) is 0 Å². The van der Waals surface area contributed by atoms with Crippen LogP contribution in [0.15, 0.2) is 55.2 Å². The van der Waals surface area contributed by atoms with Crippen LogP contribution in [-0.2, 0) is 17.7 Å². The normalized spacial score (nSPS) is 15.6. The lowest BCUT2D eigenvalue weighted by atomic mass is 9.96. The Morgan fingerprint density at radius 2 is 1.87 bits per heavy atom. The number of pyridine rings is 1. The Balaban J connectivity index is 1.15. The number of ether oxygens (including phenoxy) is 2. The Bertz CT molecular complexity index is 2520. The van der Waals surface area contributed by atoms with Crippen molar-refractivity contribution < 1.29 is 27.8 Å². The first kappa shape index (κ1) is 36.0. The maximum Gasteiger partial charge on any atom is 0.332 e. The summed E-state index contributed by atoms with van der Waals surface area (Å²) in [4.78, 5) is 37.2. The van der Waals surface area contributed by atoms with Crippen LogP contribution in [0.25, 0.3) is 27.7 Å². The van der Waals surface area contributed by atoms with Gasteiger partial charge in [-0.25, -0.2) is 23.1 Å². The number of hydrogen-bond acceptors (Lipinski definition) is 10. The number of likely N-dealkylation sites (N-methyl/N-ethyl adjacent to an activating group) is 1. The van der Waals surface area contributed by atoms with E-state index in [9.17, 15) is 14.9 Å². The van der Waals surface area contributed by atoms with Crippen molar-refractivity contribution in [1.82, 2.24) is 33.6 Å². The number of carbonyl (C=O) groups excluding carboxylic acids is 2. The highest BCUT2D eigenvalue weighted by molar-refractivity contribution is 6.29. The molecule has 8 rings (SSSR count). The highest BCUT2D eigenvalue weighted by Gasteiger charge is 2.35. The number of benzene rings is 2. The van der Waals surface area contributed by atoms with E-state index < -0.39 is 29.5 Å². The van der Waals surface area contributed by atoms with E-state index in [1.807, 2.05) is 35.9 Å². The van der Waals surface area contributed by atoms with Gasteiger partial charge in [-0.3, -0.25) is 4.79 Å². The summed E-state index contributed by atoms with van der Waals surface area (Å²) in [6.07, 6.45) is 5.21. The largest absolute Gasteiger partial charge is 0.496 e. The molecule has 1 unspecified atom stereocenters. The van der Waals surface area contributed by atoms with E-state index in [2.05, 4.69) is 15.1 Å². The van der Waals surface area contributed by atoms with Crippen molar-refractivity contribution in [3.8, 4) is 22.9 Å². The molecule has 2 aliphatic heterocycles. The molecule has 0 bridgehead atoms. The number of fused-ring (bicyclic) bond motifs is 4. The fourth-order valence-electron chi connectivity index (χ4n) is 7.85. The topological polar surface area (TPSA) is 139 Å². The number of nitrogens with zero attached hydrogens (tertiary/aromatic N) is 10. The Labute approximate surface area is 318 Å². The molecule has 0 spiro atoms. The molecule has 0 N–H and O–H groups in total. The van der Waals surface area contributed by atoms with Crippen molar-refractivity contribution >= 4 is 51.3 Å². The highest BCUT2D eigenvalue weighted by atomic mass is 35.5. The molecule has 0 radical (unpaired) electrons. The Morgan fingerprint density at radius 1 is 1.07 bits per heavy atom. The summed E-state index contributed by atoms with van der Waals surface area (Å²) in [5, 5.41) is 16.6. The predicted molar refractivity (Wildman–Crippen MR) is 200 cm³/mol. The molecule has 1 saturated heterocycles. The number of hydrogen-bond donors (Lipinski definition) is 0. The van der Waals surface area contributed by atoms with E-state index in [1.54, 1.807) is 37.2 Å². The fourth-order valence-corrected chi connectivity index (χ4v) is 8.01. The third kappa shape index (κ3) is 6.00. The number of nitriles is 1. The lowest BCUT2D eigenvalue weighted by molar-refractivity contribution is 0.103. The van der Waals surface area contributed by atoms with Gasteiger partial charge in [0, 0.05) is 70.3 Å². The van der Waals surface area contributed by atoms with Gasteiger partial charge in [-0.1, -0.05) is 6.07 Å². The highest BCUT2D eigenvalue weighted by Crippen LogP contribution is 2.47. The minimum absolute atomic E-state index is 0.0330. The van der Waals surface area contributed by atoms with Crippen molar-refractivity contribution in [2.75, 3.05) is 63.9 Å². The van der Waals surface area contributed by atoms with Gasteiger partial charge in [-0.05, 0) is 47.9 Å². The minimum Gasteiger partial charge on any atom is -0.496 e. The van der Waals surface area contributed by atoms with Crippen molar-refractivity contribution in [1.29, 1.82) is 5.26 Å². The number of rotatable bonds is 8. The second kappa shape index (κ2) is 14.3. The van der Waals surface area contributed by atoms with Crippen LogP contribution in [0.5, 0.6) is 5.75 Å². The molecule has 1 amide bonds. The number of carbonyl (C=O) groups is 2. The molecule has 0 aliphatic carbocycles. The Morgan fingerprint density at radius 3 is 2.58 bits per heavy atom. The molecular formula is C38H35ClF2N10O4. The van der Waals surface area contributed by atoms with Crippen LogP contribution in [0.3, 0.4) is 0 Å². The van der Waals surface area contributed by atoms with Crippen LogP contribution in [0, 0.1) is 23.0 Å². The lowest BCUT2D eigenvalue weighted by Gasteiger charge is -2.41. The molecule has 1 fully saturated rings.